The Hall–Kier alpha value is -0.860. The summed E-state index contributed by atoms with van der Waals surface area (Å²) in [5.41, 5.74) is 5.35. The van der Waals surface area contributed by atoms with Gasteiger partial charge in [-0.15, -0.1) is 0 Å². The summed E-state index contributed by atoms with van der Waals surface area (Å²) >= 11 is 0. The number of hydrogen-bond donors (Lipinski definition) is 1. The van der Waals surface area contributed by atoms with Gasteiger partial charge >= 0.3 is 0 Å². The molecule has 3 rings (SSSR count). The zero-order valence-electron chi connectivity index (χ0n) is 13.9. The summed E-state index contributed by atoms with van der Waals surface area (Å²) in [7, 11) is 2.26. The summed E-state index contributed by atoms with van der Waals surface area (Å²) < 4.78 is 0. The van der Waals surface area contributed by atoms with E-state index in [-0.39, 0.29) is 6.10 Å². The van der Waals surface area contributed by atoms with Crippen molar-refractivity contribution in [2.75, 3.05) is 7.05 Å². The van der Waals surface area contributed by atoms with Crippen LogP contribution in [0.2, 0.25) is 0 Å². The molecule has 0 amide bonds. The minimum atomic E-state index is -0.179. The standard InChI is InChI=1S/C19H29NO/c1-12-7-13(2)18(14(3)8-12)11-19(21)15-9-16-5-6-17(10-15)20(16)4/h7-8,15-17,19,21H,5-6,9-11H2,1-4H3. The lowest BCUT2D eigenvalue weighted by Crippen LogP contribution is -2.43. The molecule has 2 saturated heterocycles. The predicted octanol–water partition coefficient (Wildman–Crippen LogP) is 3.39. The molecule has 0 saturated carbocycles. The molecule has 2 fully saturated rings. The van der Waals surface area contributed by atoms with Crippen LogP contribution in [0.25, 0.3) is 0 Å². The smallest absolute Gasteiger partial charge is 0.0610 e. The second-order valence-corrected chi connectivity index (χ2v) is 7.43. The zero-order valence-corrected chi connectivity index (χ0v) is 13.9. The van der Waals surface area contributed by atoms with E-state index in [1.807, 2.05) is 0 Å². The number of fused-ring (bicyclic) bond motifs is 2. The van der Waals surface area contributed by atoms with Crippen LogP contribution in [0.1, 0.15) is 47.9 Å². The highest BCUT2D eigenvalue weighted by molar-refractivity contribution is 5.38. The third-order valence-electron chi connectivity index (χ3n) is 5.93. The first kappa shape index (κ1) is 15.1. The van der Waals surface area contributed by atoms with E-state index in [0.29, 0.717) is 18.0 Å². The molecule has 2 aliphatic heterocycles. The van der Waals surface area contributed by atoms with Crippen LogP contribution in [-0.4, -0.2) is 35.2 Å². The van der Waals surface area contributed by atoms with Crippen molar-refractivity contribution in [1.82, 2.24) is 4.90 Å². The summed E-state index contributed by atoms with van der Waals surface area (Å²) in [6.07, 6.45) is 5.66. The van der Waals surface area contributed by atoms with E-state index in [2.05, 4.69) is 44.9 Å². The van der Waals surface area contributed by atoms with E-state index in [9.17, 15) is 5.11 Å². The number of benzene rings is 1. The maximum atomic E-state index is 10.8. The average Bonchev–Trinajstić information content (AvgIpc) is 2.64. The van der Waals surface area contributed by atoms with Gasteiger partial charge in [0.15, 0.2) is 0 Å². The van der Waals surface area contributed by atoms with Crippen molar-refractivity contribution < 1.29 is 5.11 Å². The number of rotatable bonds is 3. The van der Waals surface area contributed by atoms with Gasteiger partial charge in [-0.3, -0.25) is 0 Å². The number of hydrogen-bond acceptors (Lipinski definition) is 2. The predicted molar refractivity (Wildman–Crippen MR) is 87.7 cm³/mol. The van der Waals surface area contributed by atoms with Crippen LogP contribution in [0.15, 0.2) is 12.1 Å². The lowest BCUT2D eigenvalue weighted by Gasteiger charge is -2.38. The van der Waals surface area contributed by atoms with Gasteiger partial charge in [-0.2, -0.15) is 0 Å². The Morgan fingerprint density at radius 2 is 1.62 bits per heavy atom. The molecule has 2 nitrogen and oxygen atoms in total. The van der Waals surface area contributed by atoms with Crippen molar-refractivity contribution in [2.45, 2.75) is 71.1 Å². The third-order valence-corrected chi connectivity index (χ3v) is 5.93. The molecule has 3 unspecified atom stereocenters. The molecule has 3 atom stereocenters. The highest BCUT2D eigenvalue weighted by atomic mass is 16.3. The van der Waals surface area contributed by atoms with E-state index in [1.165, 1.54) is 47.9 Å². The number of aliphatic hydroxyl groups excluding tert-OH is 1. The van der Waals surface area contributed by atoms with Gasteiger partial charge < -0.3 is 10.0 Å². The van der Waals surface area contributed by atoms with Crippen LogP contribution < -0.4 is 0 Å². The molecular weight excluding hydrogens is 258 g/mol. The summed E-state index contributed by atoms with van der Waals surface area (Å²) in [5.74, 6) is 0.485. The number of aliphatic hydroxyl groups is 1. The molecule has 116 valence electrons. The van der Waals surface area contributed by atoms with Crippen molar-refractivity contribution in [3.63, 3.8) is 0 Å². The van der Waals surface area contributed by atoms with Crippen molar-refractivity contribution in [1.29, 1.82) is 0 Å². The van der Waals surface area contributed by atoms with E-state index in [1.54, 1.807) is 0 Å². The van der Waals surface area contributed by atoms with Gasteiger partial charge in [0.2, 0.25) is 0 Å². The molecule has 1 N–H and O–H groups in total. The maximum Gasteiger partial charge on any atom is 0.0610 e. The van der Waals surface area contributed by atoms with E-state index in [0.717, 1.165) is 6.42 Å². The molecular formula is C19H29NO. The van der Waals surface area contributed by atoms with Crippen LogP contribution >= 0.6 is 0 Å². The molecule has 21 heavy (non-hydrogen) atoms. The average molecular weight is 287 g/mol. The Balaban J connectivity index is 1.71. The number of nitrogens with zero attached hydrogens (tertiary/aromatic N) is 1. The summed E-state index contributed by atoms with van der Waals surface area (Å²) in [6, 6.07) is 5.91. The van der Waals surface area contributed by atoms with E-state index >= 15 is 0 Å². The van der Waals surface area contributed by atoms with Crippen molar-refractivity contribution in [3.05, 3.63) is 34.4 Å². The SMILES string of the molecule is Cc1cc(C)c(CC(O)C2CC3CCC(C2)N3C)c(C)c1. The van der Waals surface area contributed by atoms with Gasteiger partial charge in [-0.1, -0.05) is 17.7 Å². The van der Waals surface area contributed by atoms with Gasteiger partial charge in [-0.25, -0.2) is 0 Å². The molecule has 1 aromatic carbocycles. The number of aryl methyl sites for hydroxylation is 3. The molecule has 0 aromatic heterocycles. The third kappa shape index (κ3) is 2.89. The van der Waals surface area contributed by atoms with Gasteiger partial charge in [0.1, 0.15) is 0 Å². The van der Waals surface area contributed by atoms with E-state index < -0.39 is 0 Å². The molecule has 2 heterocycles. The first-order chi connectivity index (χ1) is 9.95. The Bertz CT molecular complexity index is 487. The fourth-order valence-corrected chi connectivity index (χ4v) is 4.68. The fraction of sp³-hybridized carbons (Fsp3) is 0.684. The van der Waals surface area contributed by atoms with Crippen LogP contribution in [-0.2, 0) is 6.42 Å². The highest BCUT2D eigenvalue weighted by Gasteiger charge is 2.40. The van der Waals surface area contributed by atoms with Gasteiger partial charge in [0.25, 0.3) is 0 Å². The minimum absolute atomic E-state index is 0.179. The van der Waals surface area contributed by atoms with Crippen LogP contribution in [0, 0.1) is 26.7 Å². The molecule has 1 aromatic rings. The molecule has 0 spiro atoms. The van der Waals surface area contributed by atoms with Crippen molar-refractivity contribution >= 4 is 0 Å². The quantitative estimate of drug-likeness (QED) is 0.921. The second kappa shape index (κ2) is 5.73. The summed E-state index contributed by atoms with van der Waals surface area (Å²) in [5, 5.41) is 10.8. The topological polar surface area (TPSA) is 23.5 Å². The Morgan fingerprint density at radius 1 is 1.10 bits per heavy atom. The van der Waals surface area contributed by atoms with Crippen LogP contribution in [0.3, 0.4) is 0 Å². The zero-order chi connectivity index (χ0) is 15.1. The van der Waals surface area contributed by atoms with Gasteiger partial charge in [-0.05, 0) is 82.5 Å². The molecule has 2 heteroatoms. The van der Waals surface area contributed by atoms with Gasteiger partial charge in [0, 0.05) is 12.1 Å². The summed E-state index contributed by atoms with van der Waals surface area (Å²) in [4.78, 5) is 2.55. The normalized spacial score (nSPS) is 30.6. The van der Waals surface area contributed by atoms with Crippen molar-refractivity contribution in [3.8, 4) is 0 Å². The molecule has 0 radical (unpaired) electrons. The lowest BCUT2D eigenvalue weighted by atomic mass is 9.83. The first-order valence-electron chi connectivity index (χ1n) is 8.42. The fourth-order valence-electron chi connectivity index (χ4n) is 4.68. The molecule has 0 aliphatic carbocycles. The molecule has 2 bridgehead atoms. The Morgan fingerprint density at radius 3 is 2.14 bits per heavy atom. The van der Waals surface area contributed by atoms with Crippen LogP contribution in [0.4, 0.5) is 0 Å². The van der Waals surface area contributed by atoms with Gasteiger partial charge in [0.05, 0.1) is 6.10 Å². The first-order valence-corrected chi connectivity index (χ1v) is 8.42. The minimum Gasteiger partial charge on any atom is -0.392 e. The monoisotopic (exact) mass is 287 g/mol. The van der Waals surface area contributed by atoms with E-state index in [4.69, 9.17) is 0 Å². The number of piperidine rings is 1. The Kier molecular flexibility index (Phi) is 4.11. The maximum absolute atomic E-state index is 10.8. The van der Waals surface area contributed by atoms with Crippen LogP contribution in [0.5, 0.6) is 0 Å². The highest BCUT2D eigenvalue weighted by Crippen LogP contribution is 2.39. The van der Waals surface area contributed by atoms with Crippen molar-refractivity contribution in [2.24, 2.45) is 5.92 Å². The largest absolute Gasteiger partial charge is 0.392 e. The summed E-state index contributed by atoms with van der Waals surface area (Å²) in [6.45, 7) is 6.51. The Labute approximate surface area is 129 Å². The molecule has 2 aliphatic rings. The second-order valence-electron chi connectivity index (χ2n) is 7.43. The lowest BCUT2D eigenvalue weighted by molar-refractivity contribution is 0.0366.